The van der Waals surface area contributed by atoms with E-state index >= 15 is 0 Å². The van der Waals surface area contributed by atoms with Crippen LogP contribution in [0.3, 0.4) is 0 Å². The first-order valence-corrected chi connectivity index (χ1v) is 11.0. The minimum atomic E-state index is -1.06. The van der Waals surface area contributed by atoms with Crippen LogP contribution in [0, 0.1) is 34.5 Å². The Kier molecular flexibility index (Phi) is 4.45. The molecule has 28 heavy (non-hydrogen) atoms. The van der Waals surface area contributed by atoms with Gasteiger partial charge in [0.2, 0.25) is 0 Å². The normalized spacial score (nSPS) is 43.0. The molecule has 0 radical (unpaired) electrons. The number of fused-ring (bicyclic) bond motifs is 5. The molecule has 6 atom stereocenters. The Bertz CT molecular complexity index is 757. The number of hydrogen-bond acceptors (Lipinski definition) is 4. The molecule has 4 aliphatic rings. The lowest BCUT2D eigenvalue weighted by Crippen LogP contribution is -2.52. The van der Waals surface area contributed by atoms with Crippen molar-refractivity contribution in [3.63, 3.8) is 0 Å². The van der Waals surface area contributed by atoms with Crippen molar-refractivity contribution in [2.24, 2.45) is 34.5 Å². The van der Waals surface area contributed by atoms with Crippen LogP contribution in [0.1, 0.15) is 79.6 Å². The Labute approximate surface area is 168 Å². The average molecular weight is 387 g/mol. The van der Waals surface area contributed by atoms with Crippen molar-refractivity contribution >= 4 is 17.5 Å². The molecule has 3 saturated carbocycles. The summed E-state index contributed by atoms with van der Waals surface area (Å²) in [6.45, 7) is 9.45. The fourth-order valence-electron chi connectivity index (χ4n) is 6.55. The summed E-state index contributed by atoms with van der Waals surface area (Å²) in [5, 5.41) is 0. The Hall–Kier alpha value is -1.45. The van der Waals surface area contributed by atoms with E-state index in [1.54, 1.807) is 13.0 Å². The molecule has 154 valence electrons. The van der Waals surface area contributed by atoms with E-state index in [1.165, 1.54) is 5.57 Å². The lowest BCUT2D eigenvalue weighted by molar-refractivity contribution is -0.175. The number of carbonyl (C=O) groups excluding carboxylic acids is 3. The Balaban J connectivity index is 1.60. The van der Waals surface area contributed by atoms with Crippen molar-refractivity contribution in [1.82, 2.24) is 0 Å². The van der Waals surface area contributed by atoms with Crippen LogP contribution in [-0.2, 0) is 19.1 Å². The number of hydrogen-bond donors (Lipinski definition) is 0. The molecule has 0 aromatic heterocycles. The summed E-state index contributed by atoms with van der Waals surface area (Å²) in [7, 11) is 0. The highest BCUT2D eigenvalue weighted by Gasteiger charge is 2.58. The third-order valence-electron chi connectivity index (χ3n) is 8.34. The molecular formula is C24H34O4. The second-order valence-electron chi connectivity index (χ2n) is 11.2. The van der Waals surface area contributed by atoms with E-state index in [9.17, 15) is 14.4 Å². The summed E-state index contributed by atoms with van der Waals surface area (Å²) in [6, 6.07) is 0. The molecule has 4 aliphatic carbocycles. The maximum Gasteiger partial charge on any atom is 0.312 e. The van der Waals surface area contributed by atoms with E-state index in [1.807, 2.05) is 20.8 Å². The van der Waals surface area contributed by atoms with Crippen LogP contribution in [0.15, 0.2) is 11.6 Å². The van der Waals surface area contributed by atoms with Gasteiger partial charge in [0, 0.05) is 18.3 Å². The fraction of sp³-hybridized carbons (Fsp3) is 0.792. The molecule has 4 heteroatoms. The predicted octanol–water partition coefficient (Wildman–Crippen LogP) is 4.66. The summed E-state index contributed by atoms with van der Waals surface area (Å²) in [6.07, 6.45) is 8.19. The molecule has 0 bridgehead atoms. The zero-order chi connectivity index (χ0) is 20.5. The van der Waals surface area contributed by atoms with Crippen molar-refractivity contribution in [2.45, 2.75) is 85.2 Å². The highest BCUT2D eigenvalue weighted by atomic mass is 16.6. The van der Waals surface area contributed by atoms with Gasteiger partial charge in [-0.05, 0) is 89.5 Å². The molecule has 4 nitrogen and oxygen atoms in total. The van der Waals surface area contributed by atoms with E-state index in [0.717, 1.165) is 38.5 Å². The van der Waals surface area contributed by atoms with Gasteiger partial charge in [-0.2, -0.15) is 0 Å². The summed E-state index contributed by atoms with van der Waals surface area (Å²) in [5.41, 5.74) is -0.565. The maximum absolute atomic E-state index is 12.9. The average Bonchev–Trinajstić information content (AvgIpc) is 2.90. The van der Waals surface area contributed by atoms with Gasteiger partial charge < -0.3 is 4.74 Å². The van der Waals surface area contributed by atoms with Gasteiger partial charge in [-0.1, -0.05) is 12.5 Å². The molecule has 4 rings (SSSR count). The standard InChI is InChI=1S/C24H34O4/c1-22(2,3)21(27)28-24(5)13-17-14(12-20(24)26)6-7-16-15(17)10-11-23(4)18(16)8-9-19(23)25/h12,15-18H,6-11,13H2,1-5H3/t15-,16+,17-,18-,23-,24?/m0/s1. The maximum atomic E-state index is 12.9. The van der Waals surface area contributed by atoms with E-state index in [4.69, 9.17) is 4.74 Å². The summed E-state index contributed by atoms with van der Waals surface area (Å²) >= 11 is 0. The zero-order valence-corrected chi connectivity index (χ0v) is 18.0. The second kappa shape index (κ2) is 6.27. The van der Waals surface area contributed by atoms with Crippen molar-refractivity contribution in [1.29, 1.82) is 0 Å². The molecule has 0 amide bonds. The van der Waals surface area contributed by atoms with E-state index in [-0.39, 0.29) is 17.2 Å². The van der Waals surface area contributed by atoms with Gasteiger partial charge >= 0.3 is 5.97 Å². The van der Waals surface area contributed by atoms with Gasteiger partial charge in [-0.3, -0.25) is 14.4 Å². The number of carbonyl (C=O) groups is 3. The Morgan fingerprint density at radius 2 is 1.79 bits per heavy atom. The number of ketones is 2. The minimum absolute atomic E-state index is 0.0634. The van der Waals surface area contributed by atoms with Crippen LogP contribution in [0.5, 0.6) is 0 Å². The third-order valence-corrected chi connectivity index (χ3v) is 8.34. The molecule has 0 spiro atoms. The Morgan fingerprint density at radius 3 is 2.46 bits per heavy atom. The summed E-state index contributed by atoms with van der Waals surface area (Å²) in [5.74, 6) is 1.93. The van der Waals surface area contributed by atoms with Gasteiger partial charge in [-0.15, -0.1) is 0 Å². The summed E-state index contributed by atoms with van der Waals surface area (Å²) in [4.78, 5) is 37.9. The summed E-state index contributed by atoms with van der Waals surface area (Å²) < 4.78 is 5.82. The lowest BCUT2D eigenvalue weighted by atomic mass is 9.51. The smallest absolute Gasteiger partial charge is 0.312 e. The number of Topliss-reactive ketones (excluding diaryl/α,β-unsaturated/α-hetero) is 1. The van der Waals surface area contributed by atoms with Gasteiger partial charge in [0.05, 0.1) is 5.41 Å². The first-order chi connectivity index (χ1) is 13.0. The van der Waals surface area contributed by atoms with Crippen LogP contribution in [0.2, 0.25) is 0 Å². The van der Waals surface area contributed by atoms with Gasteiger partial charge in [0.15, 0.2) is 11.4 Å². The zero-order valence-electron chi connectivity index (χ0n) is 18.0. The molecule has 0 N–H and O–H groups in total. The Morgan fingerprint density at radius 1 is 1.07 bits per heavy atom. The SMILES string of the molecule is CC(C)(C)C(=O)OC1(C)C[C@H]2C(=CC1=O)CC[C@@H]1[C@@H]2CC[C@]2(C)C(=O)CC[C@@H]12. The largest absolute Gasteiger partial charge is 0.451 e. The van der Waals surface area contributed by atoms with Crippen molar-refractivity contribution in [3.05, 3.63) is 11.6 Å². The van der Waals surface area contributed by atoms with E-state index < -0.39 is 11.0 Å². The van der Waals surface area contributed by atoms with Crippen LogP contribution < -0.4 is 0 Å². The van der Waals surface area contributed by atoms with Gasteiger partial charge in [-0.25, -0.2) is 0 Å². The van der Waals surface area contributed by atoms with Crippen LogP contribution in [-0.4, -0.2) is 23.1 Å². The number of esters is 1. The molecule has 0 aliphatic heterocycles. The van der Waals surface area contributed by atoms with Crippen LogP contribution >= 0.6 is 0 Å². The highest BCUT2D eigenvalue weighted by Crippen LogP contribution is 2.61. The molecule has 1 unspecified atom stereocenters. The van der Waals surface area contributed by atoms with Crippen molar-refractivity contribution < 1.29 is 19.1 Å². The van der Waals surface area contributed by atoms with Crippen LogP contribution in [0.25, 0.3) is 0 Å². The third kappa shape index (κ3) is 2.90. The first kappa shape index (κ1) is 19.8. The van der Waals surface area contributed by atoms with Gasteiger partial charge in [0.25, 0.3) is 0 Å². The number of ether oxygens (including phenoxy) is 1. The molecule has 0 aromatic carbocycles. The second-order valence-corrected chi connectivity index (χ2v) is 11.2. The predicted molar refractivity (Wildman–Crippen MR) is 106 cm³/mol. The monoisotopic (exact) mass is 386 g/mol. The number of rotatable bonds is 1. The molecule has 0 aromatic rings. The van der Waals surface area contributed by atoms with Crippen molar-refractivity contribution in [2.75, 3.05) is 0 Å². The molecule has 0 heterocycles. The fourth-order valence-corrected chi connectivity index (χ4v) is 6.55. The van der Waals surface area contributed by atoms with Crippen LogP contribution in [0.4, 0.5) is 0 Å². The number of allylic oxidation sites excluding steroid dienone is 1. The topological polar surface area (TPSA) is 60.4 Å². The van der Waals surface area contributed by atoms with E-state index in [2.05, 4.69) is 6.92 Å². The highest BCUT2D eigenvalue weighted by molar-refractivity contribution is 6.00. The molecular weight excluding hydrogens is 352 g/mol. The molecule has 3 fully saturated rings. The molecule has 0 saturated heterocycles. The first-order valence-electron chi connectivity index (χ1n) is 11.0. The van der Waals surface area contributed by atoms with Crippen molar-refractivity contribution in [3.8, 4) is 0 Å². The minimum Gasteiger partial charge on any atom is -0.451 e. The van der Waals surface area contributed by atoms with E-state index in [0.29, 0.717) is 35.9 Å². The van der Waals surface area contributed by atoms with Gasteiger partial charge in [0.1, 0.15) is 5.78 Å². The quantitative estimate of drug-likeness (QED) is 0.615. The lowest BCUT2D eigenvalue weighted by Gasteiger charge is -2.53.